The minimum absolute atomic E-state index is 0.0518. The van der Waals surface area contributed by atoms with Gasteiger partial charge in [-0.25, -0.2) is 0 Å². The molecule has 1 aromatic rings. The zero-order chi connectivity index (χ0) is 9.19. The van der Waals surface area contributed by atoms with E-state index in [9.17, 15) is 12.3 Å². The van der Waals surface area contributed by atoms with Gasteiger partial charge >= 0.3 is 10.2 Å². The number of nitrogens with zero attached hydrogens (tertiary/aromatic N) is 1. The maximum absolute atomic E-state index is 12.0. The van der Waals surface area contributed by atoms with Crippen LogP contribution in [0, 0.1) is 6.92 Å². The first-order valence-electron chi connectivity index (χ1n) is 3.32. The zero-order valence-corrected chi connectivity index (χ0v) is 7.27. The van der Waals surface area contributed by atoms with Gasteiger partial charge in [0, 0.05) is 12.5 Å². The van der Waals surface area contributed by atoms with Crippen molar-refractivity contribution in [3.8, 4) is 0 Å². The summed E-state index contributed by atoms with van der Waals surface area (Å²) in [5.74, 6) is 0.0418. The third-order valence-electron chi connectivity index (χ3n) is 1.28. The fraction of sp³-hybridized carbons (Fsp3) is 0.500. The molecule has 0 bridgehead atoms. The molecule has 0 N–H and O–H groups in total. The van der Waals surface area contributed by atoms with Gasteiger partial charge in [0.05, 0.1) is 11.4 Å². The Morgan fingerprint density at radius 3 is 2.75 bits per heavy atom. The largest absolute Gasteiger partial charge is 0.361 e. The Labute approximate surface area is 69.6 Å². The van der Waals surface area contributed by atoms with Crippen LogP contribution < -0.4 is 0 Å². The van der Waals surface area contributed by atoms with Gasteiger partial charge in [-0.1, -0.05) is 5.16 Å². The average Bonchev–Trinajstić information content (AvgIpc) is 2.30. The summed E-state index contributed by atoms with van der Waals surface area (Å²) in [4.78, 5) is 0. The number of rotatable bonds is 3. The van der Waals surface area contributed by atoms with Crippen LogP contribution in [0.1, 0.15) is 11.5 Å². The zero-order valence-electron chi connectivity index (χ0n) is 6.45. The monoisotopic (exact) mass is 193 g/mol. The molecule has 12 heavy (non-hydrogen) atoms. The minimum Gasteiger partial charge on any atom is -0.361 e. The molecule has 0 fully saturated rings. The molecule has 4 nitrogen and oxygen atoms in total. The molecule has 0 radical (unpaired) electrons. The van der Waals surface area contributed by atoms with Crippen molar-refractivity contribution in [3.05, 3.63) is 17.5 Å². The van der Waals surface area contributed by atoms with Crippen LogP contribution in [0.25, 0.3) is 0 Å². The van der Waals surface area contributed by atoms with Crippen LogP contribution in [-0.2, 0) is 16.6 Å². The summed E-state index contributed by atoms with van der Waals surface area (Å²) in [6.07, 6.45) is 0.0518. The van der Waals surface area contributed by atoms with Crippen molar-refractivity contribution in [1.82, 2.24) is 5.16 Å². The number of halogens is 1. The van der Waals surface area contributed by atoms with Crippen LogP contribution in [0.3, 0.4) is 0 Å². The lowest BCUT2D eigenvalue weighted by Crippen LogP contribution is -2.01. The molecule has 1 aromatic heterocycles. The molecular weight excluding hydrogens is 185 g/mol. The molecule has 0 saturated heterocycles. The highest BCUT2D eigenvalue weighted by atomic mass is 32.3. The molecule has 0 aliphatic rings. The lowest BCUT2D eigenvalue weighted by Gasteiger charge is -1.88. The van der Waals surface area contributed by atoms with E-state index >= 15 is 0 Å². The van der Waals surface area contributed by atoms with Crippen molar-refractivity contribution in [2.75, 3.05) is 5.75 Å². The van der Waals surface area contributed by atoms with E-state index < -0.39 is 16.0 Å². The summed E-state index contributed by atoms with van der Waals surface area (Å²) < 4.78 is 36.8. The molecule has 0 aromatic carbocycles. The van der Waals surface area contributed by atoms with Crippen LogP contribution in [0.2, 0.25) is 0 Å². The molecule has 0 amide bonds. The summed E-state index contributed by atoms with van der Waals surface area (Å²) in [5, 5.41) is 3.51. The van der Waals surface area contributed by atoms with E-state index in [0.717, 1.165) is 0 Å². The summed E-state index contributed by atoms with van der Waals surface area (Å²) >= 11 is 0. The molecule has 0 unspecified atom stereocenters. The van der Waals surface area contributed by atoms with E-state index in [1.165, 1.54) is 0 Å². The Morgan fingerprint density at radius 2 is 2.33 bits per heavy atom. The van der Waals surface area contributed by atoms with E-state index in [4.69, 9.17) is 0 Å². The van der Waals surface area contributed by atoms with Gasteiger partial charge in [-0.3, -0.25) is 0 Å². The van der Waals surface area contributed by atoms with E-state index in [2.05, 4.69) is 9.68 Å². The van der Waals surface area contributed by atoms with Crippen molar-refractivity contribution in [2.45, 2.75) is 13.3 Å². The highest BCUT2D eigenvalue weighted by Crippen LogP contribution is 2.04. The van der Waals surface area contributed by atoms with E-state index in [-0.39, 0.29) is 6.42 Å². The van der Waals surface area contributed by atoms with Crippen LogP contribution in [0.4, 0.5) is 3.89 Å². The summed E-state index contributed by atoms with van der Waals surface area (Å²) in [6.45, 7) is 1.68. The van der Waals surface area contributed by atoms with Gasteiger partial charge in [0.2, 0.25) is 0 Å². The van der Waals surface area contributed by atoms with Gasteiger partial charge < -0.3 is 4.52 Å². The fourth-order valence-electron chi connectivity index (χ4n) is 0.762. The van der Waals surface area contributed by atoms with Crippen LogP contribution in [0.15, 0.2) is 10.6 Å². The van der Waals surface area contributed by atoms with Gasteiger partial charge in [0.1, 0.15) is 5.76 Å². The first-order valence-corrected chi connectivity index (χ1v) is 4.87. The normalized spacial score (nSPS) is 11.8. The number of aromatic nitrogens is 1. The maximum atomic E-state index is 12.0. The molecule has 0 atom stereocenters. The average molecular weight is 193 g/mol. The molecular formula is C6H8FNO3S. The summed E-state index contributed by atoms with van der Waals surface area (Å²) in [6, 6.07) is 1.57. The Hall–Kier alpha value is -0.910. The van der Waals surface area contributed by atoms with E-state index in [0.29, 0.717) is 11.5 Å². The molecule has 1 heterocycles. The Balaban J connectivity index is 2.55. The van der Waals surface area contributed by atoms with Crippen LogP contribution in [-0.4, -0.2) is 19.3 Å². The smallest absolute Gasteiger partial charge is 0.302 e. The third kappa shape index (κ3) is 3.00. The Kier molecular flexibility index (Phi) is 2.46. The molecule has 0 aliphatic carbocycles. The predicted molar refractivity (Wildman–Crippen MR) is 39.8 cm³/mol. The number of hydrogen-bond acceptors (Lipinski definition) is 4. The minimum atomic E-state index is -4.39. The van der Waals surface area contributed by atoms with Crippen molar-refractivity contribution in [2.24, 2.45) is 0 Å². The lowest BCUT2D eigenvalue weighted by molar-refractivity contribution is 0.391. The molecule has 6 heteroatoms. The standard InChI is InChI=1S/C6H8FNO3S/c1-5-4-6(8-11-5)2-3-12(7,9)10/h4H,2-3H2,1H3. The molecule has 0 aliphatic heterocycles. The van der Waals surface area contributed by atoms with Gasteiger partial charge in [0.15, 0.2) is 0 Å². The van der Waals surface area contributed by atoms with Crippen molar-refractivity contribution in [3.63, 3.8) is 0 Å². The first kappa shape index (κ1) is 9.18. The fourth-order valence-corrected chi connectivity index (χ4v) is 1.22. The molecule has 1 rings (SSSR count). The highest BCUT2D eigenvalue weighted by molar-refractivity contribution is 7.86. The van der Waals surface area contributed by atoms with Crippen molar-refractivity contribution < 1.29 is 16.8 Å². The topological polar surface area (TPSA) is 60.2 Å². The Bertz CT molecular complexity index is 357. The van der Waals surface area contributed by atoms with Crippen LogP contribution >= 0.6 is 0 Å². The second kappa shape index (κ2) is 3.22. The SMILES string of the molecule is Cc1cc(CCS(=O)(=O)F)no1. The van der Waals surface area contributed by atoms with Crippen molar-refractivity contribution >= 4 is 10.2 Å². The predicted octanol–water partition coefficient (Wildman–Crippen LogP) is 0.825. The second-order valence-electron chi connectivity index (χ2n) is 2.42. The quantitative estimate of drug-likeness (QED) is 0.667. The summed E-state index contributed by atoms with van der Waals surface area (Å²) in [7, 11) is -4.39. The van der Waals surface area contributed by atoms with Crippen LogP contribution in [0.5, 0.6) is 0 Å². The third-order valence-corrected chi connectivity index (χ3v) is 1.97. The first-order chi connectivity index (χ1) is 5.47. The van der Waals surface area contributed by atoms with E-state index in [1.807, 2.05) is 0 Å². The highest BCUT2D eigenvalue weighted by Gasteiger charge is 2.09. The van der Waals surface area contributed by atoms with Crippen molar-refractivity contribution in [1.29, 1.82) is 0 Å². The van der Waals surface area contributed by atoms with Gasteiger partial charge in [0.25, 0.3) is 0 Å². The van der Waals surface area contributed by atoms with Gasteiger partial charge in [-0.2, -0.15) is 8.42 Å². The Morgan fingerprint density at radius 1 is 1.67 bits per heavy atom. The molecule has 0 saturated carbocycles. The number of hydrogen-bond donors (Lipinski definition) is 0. The van der Waals surface area contributed by atoms with Gasteiger partial charge in [-0.05, 0) is 6.92 Å². The molecule has 0 spiro atoms. The lowest BCUT2D eigenvalue weighted by atomic mass is 10.3. The number of aryl methyl sites for hydroxylation is 2. The second-order valence-corrected chi connectivity index (χ2v) is 3.91. The maximum Gasteiger partial charge on any atom is 0.302 e. The van der Waals surface area contributed by atoms with Gasteiger partial charge in [-0.15, -0.1) is 3.89 Å². The summed E-state index contributed by atoms with van der Waals surface area (Å²) in [5.41, 5.74) is 0.453. The molecule has 68 valence electrons. The van der Waals surface area contributed by atoms with E-state index in [1.54, 1.807) is 13.0 Å².